The molecule has 0 aliphatic carbocycles. The van der Waals surface area contributed by atoms with Gasteiger partial charge in [-0.1, -0.05) is 78.9 Å². The number of pyridine rings is 1. The van der Waals surface area contributed by atoms with Crippen LogP contribution in [0.5, 0.6) is 0 Å². The zero-order valence-corrected chi connectivity index (χ0v) is 30.9. The summed E-state index contributed by atoms with van der Waals surface area (Å²) in [5.41, 5.74) is 14.4. The summed E-state index contributed by atoms with van der Waals surface area (Å²) in [7, 11) is 0. The Morgan fingerprint density at radius 3 is 1.57 bits per heavy atom. The van der Waals surface area contributed by atoms with E-state index in [0.29, 0.717) is 11.4 Å². The molecule has 6 nitrogen and oxygen atoms in total. The monoisotopic (exact) mass is 742 g/mol. The van der Waals surface area contributed by atoms with Crippen LogP contribution in [0, 0.1) is 11.3 Å². The van der Waals surface area contributed by atoms with E-state index >= 15 is 0 Å². The fraction of sp³-hybridized carbons (Fsp3) is 0. The van der Waals surface area contributed by atoms with Crippen molar-refractivity contribution in [2.45, 2.75) is 0 Å². The highest BCUT2D eigenvalue weighted by atomic mass is 16.3. The zero-order chi connectivity index (χ0) is 38.6. The summed E-state index contributed by atoms with van der Waals surface area (Å²) < 4.78 is 12.4. The van der Waals surface area contributed by atoms with Crippen LogP contribution in [0.2, 0.25) is 0 Å². The van der Waals surface area contributed by atoms with Crippen molar-refractivity contribution in [3.8, 4) is 73.4 Å². The third-order valence-corrected chi connectivity index (χ3v) is 10.8. The molecule has 7 aromatic carbocycles. The van der Waals surface area contributed by atoms with E-state index in [2.05, 4.69) is 102 Å². The van der Waals surface area contributed by atoms with Crippen molar-refractivity contribution in [1.82, 2.24) is 15.0 Å². The van der Waals surface area contributed by atoms with Crippen LogP contribution in [-0.2, 0) is 0 Å². The van der Waals surface area contributed by atoms with Crippen LogP contribution in [0.3, 0.4) is 0 Å². The Labute approximate surface area is 333 Å². The standard InChI is InChI=1S/C52H30N4O2/c53-30-32-15-17-33(18-16-32)52-55-46(29-47(56-52)41-10-2-1-9-40(41)36-8-7-23-54-31-36)39-25-37(34-19-21-50-44(27-34)42-11-3-5-13-48(42)57-50)24-38(26-39)35-20-22-51-45(28-35)43-12-4-6-14-49(43)58-51/h1-29,31H. The van der Waals surface area contributed by atoms with Crippen molar-refractivity contribution in [3.05, 3.63) is 188 Å². The number of hydrogen-bond donors (Lipinski definition) is 0. The van der Waals surface area contributed by atoms with E-state index < -0.39 is 0 Å². The van der Waals surface area contributed by atoms with Crippen molar-refractivity contribution in [1.29, 1.82) is 5.26 Å². The Bertz CT molecular complexity index is 3280. The lowest BCUT2D eigenvalue weighted by Gasteiger charge is -2.15. The summed E-state index contributed by atoms with van der Waals surface area (Å²) in [5.74, 6) is 0.558. The number of hydrogen-bond acceptors (Lipinski definition) is 6. The highest BCUT2D eigenvalue weighted by molar-refractivity contribution is 6.07. The molecule has 6 heteroatoms. The Kier molecular flexibility index (Phi) is 7.76. The van der Waals surface area contributed by atoms with Crippen molar-refractivity contribution < 1.29 is 8.83 Å². The lowest BCUT2D eigenvalue weighted by Crippen LogP contribution is -1.98. The summed E-state index contributed by atoms with van der Waals surface area (Å²) in [6, 6.07) is 59.8. The summed E-state index contributed by atoms with van der Waals surface area (Å²) in [5, 5.41) is 13.8. The van der Waals surface area contributed by atoms with Gasteiger partial charge in [-0.2, -0.15) is 5.26 Å². The third-order valence-electron chi connectivity index (χ3n) is 10.8. The molecule has 0 saturated carbocycles. The predicted octanol–water partition coefficient (Wildman–Crippen LogP) is 13.5. The maximum Gasteiger partial charge on any atom is 0.160 e. The predicted molar refractivity (Wildman–Crippen MR) is 232 cm³/mol. The second-order valence-corrected chi connectivity index (χ2v) is 14.4. The Balaban J connectivity index is 1.15. The van der Waals surface area contributed by atoms with Gasteiger partial charge in [-0.15, -0.1) is 0 Å². The quantitative estimate of drug-likeness (QED) is 0.168. The molecule has 4 heterocycles. The van der Waals surface area contributed by atoms with Gasteiger partial charge < -0.3 is 8.83 Å². The van der Waals surface area contributed by atoms with Crippen LogP contribution < -0.4 is 0 Å². The zero-order valence-electron chi connectivity index (χ0n) is 30.9. The molecule has 0 amide bonds. The van der Waals surface area contributed by atoms with Crippen LogP contribution in [0.1, 0.15) is 5.56 Å². The highest BCUT2D eigenvalue weighted by Gasteiger charge is 2.18. The van der Waals surface area contributed by atoms with Crippen molar-refractivity contribution >= 4 is 43.9 Å². The first kappa shape index (κ1) is 33.2. The van der Waals surface area contributed by atoms with Crippen LogP contribution in [0.4, 0.5) is 0 Å². The van der Waals surface area contributed by atoms with Gasteiger partial charge in [-0.25, -0.2) is 9.97 Å². The number of furan rings is 2. The molecule has 0 N–H and O–H groups in total. The fourth-order valence-electron chi connectivity index (χ4n) is 7.96. The second kappa shape index (κ2) is 13.6. The first-order valence-electron chi connectivity index (χ1n) is 19.0. The Hall–Kier alpha value is -8.14. The Morgan fingerprint density at radius 1 is 0.397 bits per heavy atom. The van der Waals surface area contributed by atoms with Gasteiger partial charge in [0.1, 0.15) is 22.3 Å². The van der Waals surface area contributed by atoms with Crippen LogP contribution in [0.15, 0.2) is 191 Å². The van der Waals surface area contributed by atoms with Crippen LogP contribution in [0.25, 0.3) is 111 Å². The number of benzene rings is 7. The average molecular weight is 743 g/mol. The van der Waals surface area contributed by atoms with Crippen molar-refractivity contribution in [3.63, 3.8) is 0 Å². The molecule has 0 saturated heterocycles. The lowest BCUT2D eigenvalue weighted by atomic mass is 9.93. The second-order valence-electron chi connectivity index (χ2n) is 14.4. The number of para-hydroxylation sites is 2. The molecule has 0 unspecified atom stereocenters. The van der Waals surface area contributed by atoms with Crippen molar-refractivity contribution in [2.75, 3.05) is 0 Å². The lowest BCUT2D eigenvalue weighted by molar-refractivity contribution is 0.668. The van der Waals surface area contributed by atoms with E-state index in [9.17, 15) is 5.26 Å². The van der Waals surface area contributed by atoms with E-state index in [1.54, 1.807) is 18.3 Å². The fourth-order valence-corrected chi connectivity index (χ4v) is 7.96. The summed E-state index contributed by atoms with van der Waals surface area (Å²) >= 11 is 0. The maximum atomic E-state index is 9.56. The number of nitrogens with zero attached hydrogens (tertiary/aromatic N) is 4. The van der Waals surface area contributed by atoms with Gasteiger partial charge >= 0.3 is 0 Å². The normalized spacial score (nSPS) is 11.4. The molecule has 0 fully saturated rings. The summed E-state index contributed by atoms with van der Waals surface area (Å²) in [4.78, 5) is 14.8. The minimum Gasteiger partial charge on any atom is -0.456 e. The van der Waals surface area contributed by atoms with Crippen molar-refractivity contribution in [2.24, 2.45) is 0 Å². The Morgan fingerprint density at radius 2 is 0.948 bits per heavy atom. The number of aromatic nitrogens is 3. The molecule has 4 aromatic heterocycles. The minimum atomic E-state index is 0.558. The molecule has 11 rings (SSSR count). The SMILES string of the molecule is N#Cc1ccc(-c2nc(-c3cc(-c4ccc5oc6ccccc6c5c4)cc(-c4ccc5oc6ccccc6c5c4)c3)cc(-c3ccccc3-c3cccnc3)n2)cc1. The molecule has 0 atom stereocenters. The number of fused-ring (bicyclic) bond motifs is 6. The molecule has 11 aromatic rings. The van der Waals surface area contributed by atoms with Crippen LogP contribution in [-0.4, -0.2) is 15.0 Å². The maximum absolute atomic E-state index is 9.56. The topological polar surface area (TPSA) is 88.7 Å². The van der Waals surface area contributed by atoms with E-state index in [4.69, 9.17) is 18.8 Å². The van der Waals surface area contributed by atoms with Gasteiger partial charge in [0.2, 0.25) is 0 Å². The van der Waals surface area contributed by atoms with Gasteiger partial charge in [0.25, 0.3) is 0 Å². The van der Waals surface area contributed by atoms with E-state index in [1.165, 1.54) is 0 Å². The van der Waals surface area contributed by atoms with E-state index in [0.717, 1.165) is 105 Å². The first-order valence-corrected chi connectivity index (χ1v) is 19.0. The third kappa shape index (κ3) is 5.78. The minimum absolute atomic E-state index is 0.558. The molecule has 0 aliphatic rings. The van der Waals surface area contributed by atoms with E-state index in [1.807, 2.05) is 72.9 Å². The van der Waals surface area contributed by atoms with Gasteiger partial charge in [0.05, 0.1) is 23.0 Å². The largest absolute Gasteiger partial charge is 0.456 e. The highest BCUT2D eigenvalue weighted by Crippen LogP contribution is 2.40. The smallest absolute Gasteiger partial charge is 0.160 e. The average Bonchev–Trinajstić information content (AvgIpc) is 3.87. The summed E-state index contributed by atoms with van der Waals surface area (Å²) in [6.07, 6.45) is 3.65. The van der Waals surface area contributed by atoms with E-state index in [-0.39, 0.29) is 0 Å². The molecular weight excluding hydrogens is 713 g/mol. The van der Waals surface area contributed by atoms with Gasteiger partial charge in [0.15, 0.2) is 5.82 Å². The summed E-state index contributed by atoms with van der Waals surface area (Å²) in [6.45, 7) is 0. The molecule has 0 bridgehead atoms. The molecule has 58 heavy (non-hydrogen) atoms. The molecule has 0 radical (unpaired) electrons. The molecule has 0 spiro atoms. The van der Waals surface area contributed by atoms with Gasteiger partial charge in [-0.05, 0) is 119 Å². The molecule has 270 valence electrons. The molecular formula is C52H30N4O2. The molecule has 0 aliphatic heterocycles. The number of rotatable bonds is 6. The van der Waals surface area contributed by atoms with Gasteiger partial charge in [0, 0.05) is 56.2 Å². The first-order chi connectivity index (χ1) is 28.6. The number of nitriles is 1. The van der Waals surface area contributed by atoms with Crippen LogP contribution >= 0.6 is 0 Å². The van der Waals surface area contributed by atoms with Gasteiger partial charge in [-0.3, -0.25) is 4.98 Å².